The van der Waals surface area contributed by atoms with E-state index in [1.165, 1.54) is 57.8 Å². The predicted molar refractivity (Wildman–Crippen MR) is 95.6 cm³/mol. The number of aliphatic hydroxyl groups excluding tert-OH is 1. The molecule has 128 valence electrons. The molecule has 0 aliphatic heterocycles. The first-order chi connectivity index (χ1) is 9.95. The van der Waals surface area contributed by atoms with E-state index in [1.54, 1.807) is 0 Å². The SMILES string of the molecule is CC(C)CCC[C@H](C)CCC[C@H](C)CCCC(C)CCO. The molecule has 0 saturated carbocycles. The fourth-order valence-corrected chi connectivity index (χ4v) is 3.16. The Labute approximate surface area is 134 Å². The van der Waals surface area contributed by atoms with Gasteiger partial charge in [-0.3, -0.25) is 0 Å². The Morgan fingerprint density at radius 2 is 0.857 bits per heavy atom. The first kappa shape index (κ1) is 21.0. The van der Waals surface area contributed by atoms with Gasteiger partial charge in [0, 0.05) is 6.61 Å². The van der Waals surface area contributed by atoms with Gasteiger partial charge in [-0.25, -0.2) is 0 Å². The number of rotatable bonds is 14. The molecular formula is C20H42O. The highest BCUT2D eigenvalue weighted by Gasteiger charge is 2.07. The van der Waals surface area contributed by atoms with Gasteiger partial charge in [0.25, 0.3) is 0 Å². The highest BCUT2D eigenvalue weighted by atomic mass is 16.3. The fourth-order valence-electron chi connectivity index (χ4n) is 3.16. The highest BCUT2D eigenvalue weighted by molar-refractivity contribution is 4.60. The molecule has 0 aliphatic rings. The van der Waals surface area contributed by atoms with Crippen LogP contribution in [-0.4, -0.2) is 11.7 Å². The molecule has 0 spiro atoms. The average molecular weight is 299 g/mol. The molecule has 1 N–H and O–H groups in total. The van der Waals surface area contributed by atoms with Crippen LogP contribution in [0.25, 0.3) is 0 Å². The minimum Gasteiger partial charge on any atom is -0.396 e. The van der Waals surface area contributed by atoms with Gasteiger partial charge in [0.2, 0.25) is 0 Å². The topological polar surface area (TPSA) is 20.2 Å². The molecule has 0 fully saturated rings. The van der Waals surface area contributed by atoms with Crippen molar-refractivity contribution in [2.75, 3.05) is 6.61 Å². The van der Waals surface area contributed by atoms with Gasteiger partial charge in [-0.05, 0) is 30.1 Å². The average Bonchev–Trinajstić information content (AvgIpc) is 2.38. The third-order valence-corrected chi connectivity index (χ3v) is 4.89. The fraction of sp³-hybridized carbons (Fsp3) is 1.00. The van der Waals surface area contributed by atoms with Crippen LogP contribution in [0.1, 0.15) is 98.8 Å². The van der Waals surface area contributed by atoms with Gasteiger partial charge in [-0.1, -0.05) is 92.4 Å². The van der Waals surface area contributed by atoms with Crippen molar-refractivity contribution in [2.45, 2.75) is 98.8 Å². The van der Waals surface area contributed by atoms with E-state index in [0.29, 0.717) is 12.5 Å². The van der Waals surface area contributed by atoms with Gasteiger partial charge < -0.3 is 5.11 Å². The zero-order valence-electron chi connectivity index (χ0n) is 15.5. The minimum atomic E-state index is 0.353. The van der Waals surface area contributed by atoms with Crippen LogP contribution in [0.2, 0.25) is 0 Å². The first-order valence-electron chi connectivity index (χ1n) is 9.56. The van der Waals surface area contributed by atoms with E-state index in [-0.39, 0.29) is 0 Å². The van der Waals surface area contributed by atoms with Gasteiger partial charge in [0.05, 0.1) is 0 Å². The van der Waals surface area contributed by atoms with Crippen molar-refractivity contribution >= 4 is 0 Å². The summed E-state index contributed by atoms with van der Waals surface area (Å²) >= 11 is 0. The van der Waals surface area contributed by atoms with E-state index >= 15 is 0 Å². The Balaban J connectivity index is 3.45. The molecule has 0 radical (unpaired) electrons. The molecule has 21 heavy (non-hydrogen) atoms. The summed E-state index contributed by atoms with van der Waals surface area (Å²) < 4.78 is 0. The van der Waals surface area contributed by atoms with Crippen LogP contribution >= 0.6 is 0 Å². The van der Waals surface area contributed by atoms with Crippen LogP contribution in [0.4, 0.5) is 0 Å². The Morgan fingerprint density at radius 3 is 1.19 bits per heavy atom. The van der Waals surface area contributed by atoms with Gasteiger partial charge in [-0.2, -0.15) is 0 Å². The molecule has 1 unspecified atom stereocenters. The Bertz CT molecular complexity index is 212. The molecule has 1 heteroatoms. The maximum Gasteiger partial charge on any atom is 0.0433 e. The van der Waals surface area contributed by atoms with Crippen molar-refractivity contribution in [1.29, 1.82) is 0 Å². The van der Waals surface area contributed by atoms with E-state index in [2.05, 4.69) is 34.6 Å². The molecule has 0 saturated heterocycles. The molecule has 0 amide bonds. The molecule has 0 bridgehead atoms. The maximum atomic E-state index is 8.91. The summed E-state index contributed by atoms with van der Waals surface area (Å²) in [7, 11) is 0. The summed E-state index contributed by atoms with van der Waals surface area (Å²) in [5.74, 6) is 3.36. The van der Waals surface area contributed by atoms with Crippen LogP contribution < -0.4 is 0 Å². The predicted octanol–water partition coefficient (Wildman–Crippen LogP) is 6.44. The summed E-state index contributed by atoms with van der Waals surface area (Å²) in [6.45, 7) is 12.1. The monoisotopic (exact) mass is 298 g/mol. The number of hydrogen-bond acceptors (Lipinski definition) is 1. The van der Waals surface area contributed by atoms with Gasteiger partial charge in [-0.15, -0.1) is 0 Å². The lowest BCUT2D eigenvalue weighted by molar-refractivity contribution is 0.255. The van der Waals surface area contributed by atoms with E-state index in [1.807, 2.05) is 0 Å². The van der Waals surface area contributed by atoms with Crippen molar-refractivity contribution in [1.82, 2.24) is 0 Å². The summed E-state index contributed by atoms with van der Waals surface area (Å²) in [5.41, 5.74) is 0. The van der Waals surface area contributed by atoms with Crippen molar-refractivity contribution in [2.24, 2.45) is 23.7 Å². The minimum absolute atomic E-state index is 0.353. The van der Waals surface area contributed by atoms with Gasteiger partial charge in [0.15, 0.2) is 0 Å². The van der Waals surface area contributed by atoms with Crippen molar-refractivity contribution in [3.8, 4) is 0 Å². The van der Waals surface area contributed by atoms with Crippen molar-refractivity contribution in [3.63, 3.8) is 0 Å². The van der Waals surface area contributed by atoms with Crippen LogP contribution in [0.15, 0.2) is 0 Å². The molecule has 0 aromatic rings. The molecule has 0 aromatic carbocycles. The third kappa shape index (κ3) is 14.7. The van der Waals surface area contributed by atoms with Crippen molar-refractivity contribution in [3.05, 3.63) is 0 Å². The Hall–Kier alpha value is -0.0400. The van der Waals surface area contributed by atoms with Crippen LogP contribution in [-0.2, 0) is 0 Å². The quantitative estimate of drug-likeness (QED) is 0.391. The zero-order valence-corrected chi connectivity index (χ0v) is 15.5. The summed E-state index contributed by atoms with van der Waals surface area (Å²) in [4.78, 5) is 0. The van der Waals surface area contributed by atoms with E-state index in [4.69, 9.17) is 5.11 Å². The molecule has 3 atom stereocenters. The lowest BCUT2D eigenvalue weighted by Crippen LogP contribution is -2.02. The van der Waals surface area contributed by atoms with Crippen molar-refractivity contribution < 1.29 is 5.11 Å². The lowest BCUT2D eigenvalue weighted by atomic mass is 9.91. The third-order valence-electron chi connectivity index (χ3n) is 4.89. The lowest BCUT2D eigenvalue weighted by Gasteiger charge is -2.16. The number of hydrogen-bond donors (Lipinski definition) is 1. The molecule has 0 rings (SSSR count). The summed E-state index contributed by atoms with van der Waals surface area (Å²) in [6, 6.07) is 0. The normalized spacial score (nSPS) is 16.1. The second-order valence-electron chi connectivity index (χ2n) is 8.01. The summed E-state index contributed by atoms with van der Waals surface area (Å²) in [6.07, 6.45) is 13.4. The smallest absolute Gasteiger partial charge is 0.0433 e. The molecule has 0 aromatic heterocycles. The highest BCUT2D eigenvalue weighted by Crippen LogP contribution is 2.22. The van der Waals surface area contributed by atoms with Gasteiger partial charge in [0.1, 0.15) is 0 Å². The van der Waals surface area contributed by atoms with E-state index < -0.39 is 0 Å². The molecular weight excluding hydrogens is 256 g/mol. The second-order valence-corrected chi connectivity index (χ2v) is 8.01. The maximum absolute atomic E-state index is 8.91. The molecule has 0 heterocycles. The Kier molecular flexibility index (Phi) is 13.6. The van der Waals surface area contributed by atoms with E-state index in [9.17, 15) is 0 Å². The Morgan fingerprint density at radius 1 is 0.524 bits per heavy atom. The molecule has 1 nitrogen and oxygen atoms in total. The van der Waals surface area contributed by atoms with E-state index in [0.717, 1.165) is 24.2 Å². The first-order valence-corrected chi connectivity index (χ1v) is 9.56. The van der Waals surface area contributed by atoms with Crippen LogP contribution in [0.5, 0.6) is 0 Å². The van der Waals surface area contributed by atoms with Crippen LogP contribution in [0, 0.1) is 23.7 Å². The number of aliphatic hydroxyl groups is 1. The van der Waals surface area contributed by atoms with Gasteiger partial charge >= 0.3 is 0 Å². The largest absolute Gasteiger partial charge is 0.396 e. The molecule has 0 aliphatic carbocycles. The standard InChI is InChI=1S/C20H42O/c1-17(2)9-6-10-18(3)11-7-12-19(4)13-8-14-20(5)15-16-21/h17-21H,6-16H2,1-5H3/t18-,19-,20?/m0/s1. The summed E-state index contributed by atoms with van der Waals surface area (Å²) in [5, 5.41) is 8.91. The second kappa shape index (κ2) is 13.6. The van der Waals surface area contributed by atoms with Crippen LogP contribution in [0.3, 0.4) is 0 Å². The zero-order chi connectivity index (χ0) is 16.1.